The quantitative estimate of drug-likeness (QED) is 0.298. The van der Waals surface area contributed by atoms with Gasteiger partial charge in [-0.05, 0) is 31.5 Å². The average Bonchev–Trinajstić information content (AvgIpc) is 3.53. The van der Waals surface area contributed by atoms with Crippen LogP contribution in [0.3, 0.4) is 0 Å². The molecule has 0 radical (unpaired) electrons. The summed E-state index contributed by atoms with van der Waals surface area (Å²) in [5.41, 5.74) is 4.24. The number of nitrogens with one attached hydrogen (secondary N) is 1. The van der Waals surface area contributed by atoms with Gasteiger partial charge in [-0.25, -0.2) is 23.3 Å². The SMILES string of the molecule is Cc1cc(C(F)F)n2ncc(C(=O)Nc3c(C(N)=O)sc4nc(C(F)(F)F)cc(-c5cnn(C)c5C)c34)c2n1. The number of aryl methyl sites for hydroxylation is 2. The van der Waals surface area contributed by atoms with Gasteiger partial charge >= 0.3 is 6.18 Å². The monoisotopic (exact) mass is 564 g/mol. The fourth-order valence-corrected chi connectivity index (χ4v) is 5.13. The summed E-state index contributed by atoms with van der Waals surface area (Å²) in [6, 6.07) is 1.92. The first kappa shape index (κ1) is 26.1. The van der Waals surface area contributed by atoms with Gasteiger partial charge < -0.3 is 11.1 Å². The molecule has 0 atom stereocenters. The van der Waals surface area contributed by atoms with Crippen LogP contribution in [0.1, 0.15) is 49.2 Å². The molecule has 0 fully saturated rings. The van der Waals surface area contributed by atoms with Crippen LogP contribution < -0.4 is 11.1 Å². The molecule has 5 heterocycles. The van der Waals surface area contributed by atoms with E-state index >= 15 is 0 Å². The summed E-state index contributed by atoms with van der Waals surface area (Å²) in [7, 11) is 1.60. The van der Waals surface area contributed by atoms with E-state index in [4.69, 9.17) is 5.73 Å². The highest BCUT2D eigenvalue weighted by Gasteiger charge is 2.35. The van der Waals surface area contributed by atoms with Crippen molar-refractivity contribution < 1.29 is 31.5 Å². The Morgan fingerprint density at radius 1 is 1.08 bits per heavy atom. The molecule has 0 saturated carbocycles. The summed E-state index contributed by atoms with van der Waals surface area (Å²) in [6.07, 6.45) is -5.36. The van der Waals surface area contributed by atoms with E-state index in [1.165, 1.54) is 17.8 Å². The van der Waals surface area contributed by atoms with Crippen molar-refractivity contribution in [3.8, 4) is 11.1 Å². The maximum atomic E-state index is 13.7. The number of rotatable bonds is 5. The predicted octanol–water partition coefficient (Wildman–Crippen LogP) is 4.66. The Labute approximate surface area is 219 Å². The van der Waals surface area contributed by atoms with E-state index in [9.17, 15) is 31.5 Å². The lowest BCUT2D eigenvalue weighted by molar-refractivity contribution is -0.140. The largest absolute Gasteiger partial charge is 0.433 e. The summed E-state index contributed by atoms with van der Waals surface area (Å²) >= 11 is 0.572. The maximum Gasteiger partial charge on any atom is 0.433 e. The van der Waals surface area contributed by atoms with E-state index in [-0.39, 0.29) is 43.2 Å². The maximum absolute atomic E-state index is 13.7. The lowest BCUT2D eigenvalue weighted by Crippen LogP contribution is -2.17. The Bertz CT molecular complexity index is 1800. The average molecular weight is 565 g/mol. The van der Waals surface area contributed by atoms with Crippen molar-refractivity contribution in [2.24, 2.45) is 12.8 Å². The van der Waals surface area contributed by atoms with Gasteiger partial charge in [-0.3, -0.25) is 14.3 Å². The van der Waals surface area contributed by atoms with Crippen molar-refractivity contribution in [2.75, 3.05) is 5.32 Å². The fraction of sp³-hybridized carbons (Fsp3) is 0.217. The highest BCUT2D eigenvalue weighted by atomic mass is 32.1. The Kier molecular flexibility index (Phi) is 6.08. The standard InChI is InChI=1S/C23H17F5N8O2S/c1-8-4-13(18(24)25)36-20(32-8)12(7-31-36)21(38)34-16-15-10(11-6-30-35(3)9(11)2)5-14(23(26,27)28)33-22(15)39-17(16)19(29)37/h4-7,18H,1-3H3,(H2,29,37)(H,34,38). The number of fused-ring (bicyclic) bond motifs is 2. The second-order valence-corrected chi connectivity index (χ2v) is 9.54. The molecule has 0 aliphatic carbocycles. The molecule has 5 aromatic heterocycles. The highest BCUT2D eigenvalue weighted by molar-refractivity contribution is 7.21. The second-order valence-electron chi connectivity index (χ2n) is 8.54. The zero-order valence-corrected chi connectivity index (χ0v) is 21.1. The molecule has 2 amide bonds. The first-order valence-electron chi connectivity index (χ1n) is 11.1. The van der Waals surface area contributed by atoms with Gasteiger partial charge in [0, 0.05) is 29.4 Å². The number of pyridine rings is 1. The van der Waals surface area contributed by atoms with E-state index in [1.54, 1.807) is 14.0 Å². The van der Waals surface area contributed by atoms with Crippen LogP contribution in [0.4, 0.5) is 27.6 Å². The number of alkyl halides is 5. The lowest BCUT2D eigenvalue weighted by atomic mass is 10.0. The number of halogens is 5. The first-order chi connectivity index (χ1) is 18.3. The summed E-state index contributed by atoms with van der Waals surface area (Å²) in [5.74, 6) is -1.93. The molecular weight excluding hydrogens is 547 g/mol. The van der Waals surface area contributed by atoms with Gasteiger partial charge in [0.2, 0.25) is 0 Å². The Hall–Kier alpha value is -4.47. The Morgan fingerprint density at radius 3 is 2.38 bits per heavy atom. The summed E-state index contributed by atoms with van der Waals surface area (Å²) in [6.45, 7) is 3.10. The molecule has 39 heavy (non-hydrogen) atoms. The number of hydrogen-bond acceptors (Lipinski definition) is 7. The third-order valence-corrected chi connectivity index (χ3v) is 7.13. The highest BCUT2D eigenvalue weighted by Crippen LogP contribution is 2.44. The molecule has 0 bridgehead atoms. The van der Waals surface area contributed by atoms with E-state index in [0.29, 0.717) is 22.6 Å². The molecule has 16 heteroatoms. The smallest absolute Gasteiger partial charge is 0.365 e. The number of carbonyl (C=O) groups excluding carboxylic acids is 2. The number of thiophene rings is 1. The number of primary amides is 1. The van der Waals surface area contributed by atoms with Crippen molar-refractivity contribution in [3.63, 3.8) is 0 Å². The lowest BCUT2D eigenvalue weighted by Gasteiger charge is -2.12. The predicted molar refractivity (Wildman–Crippen MR) is 131 cm³/mol. The van der Waals surface area contributed by atoms with Crippen molar-refractivity contribution >= 4 is 44.7 Å². The van der Waals surface area contributed by atoms with Gasteiger partial charge in [-0.2, -0.15) is 23.4 Å². The summed E-state index contributed by atoms with van der Waals surface area (Å²) in [4.78, 5) is 33.1. The molecule has 0 unspecified atom stereocenters. The molecule has 5 rings (SSSR count). The van der Waals surface area contributed by atoms with Gasteiger partial charge in [-0.15, -0.1) is 11.3 Å². The molecule has 0 aromatic carbocycles. The van der Waals surface area contributed by atoms with Crippen molar-refractivity contribution in [2.45, 2.75) is 26.4 Å². The number of hydrogen-bond donors (Lipinski definition) is 2. The first-order valence-corrected chi connectivity index (χ1v) is 11.9. The molecule has 5 aromatic rings. The van der Waals surface area contributed by atoms with Crippen LogP contribution in [-0.2, 0) is 13.2 Å². The molecule has 3 N–H and O–H groups in total. The molecule has 202 valence electrons. The minimum absolute atomic E-state index is 0.00537. The van der Waals surface area contributed by atoms with E-state index in [1.807, 2.05) is 0 Å². The molecule has 0 aliphatic rings. The number of carbonyl (C=O) groups is 2. The summed E-state index contributed by atoms with van der Waals surface area (Å²) in [5, 5.41) is 10.5. The van der Waals surface area contributed by atoms with Gasteiger partial charge in [0.1, 0.15) is 26.7 Å². The number of amides is 2. The number of anilines is 1. The van der Waals surface area contributed by atoms with E-state index in [0.717, 1.165) is 22.8 Å². The molecular formula is C23H17F5N8O2S. The van der Waals surface area contributed by atoms with Gasteiger partial charge in [0.25, 0.3) is 18.2 Å². The zero-order chi connectivity index (χ0) is 28.4. The second kappa shape index (κ2) is 9.07. The summed E-state index contributed by atoms with van der Waals surface area (Å²) < 4.78 is 70.5. The Balaban J connectivity index is 1.74. The molecule has 0 saturated heterocycles. The minimum Gasteiger partial charge on any atom is -0.365 e. The van der Waals surface area contributed by atoms with Crippen LogP contribution >= 0.6 is 11.3 Å². The fourth-order valence-electron chi connectivity index (χ4n) is 4.12. The van der Waals surface area contributed by atoms with Gasteiger partial charge in [0.15, 0.2) is 5.65 Å². The van der Waals surface area contributed by atoms with Gasteiger partial charge in [-0.1, -0.05) is 0 Å². The number of aromatic nitrogens is 6. The van der Waals surface area contributed by atoms with Crippen LogP contribution in [0.25, 0.3) is 27.0 Å². The van der Waals surface area contributed by atoms with Crippen molar-refractivity contribution in [1.82, 2.24) is 29.4 Å². The molecule has 0 spiro atoms. The molecule has 0 aliphatic heterocycles. The van der Waals surface area contributed by atoms with Crippen LogP contribution in [0.15, 0.2) is 24.5 Å². The Morgan fingerprint density at radius 2 is 1.79 bits per heavy atom. The van der Waals surface area contributed by atoms with Crippen LogP contribution in [0.5, 0.6) is 0 Å². The third kappa shape index (κ3) is 4.35. The van der Waals surface area contributed by atoms with E-state index < -0.39 is 35.8 Å². The zero-order valence-electron chi connectivity index (χ0n) is 20.3. The van der Waals surface area contributed by atoms with Crippen molar-refractivity contribution in [1.29, 1.82) is 0 Å². The number of nitrogens with two attached hydrogens (primary N) is 1. The van der Waals surface area contributed by atoms with Crippen LogP contribution in [0, 0.1) is 13.8 Å². The van der Waals surface area contributed by atoms with Crippen LogP contribution in [0.2, 0.25) is 0 Å². The topological polar surface area (TPSA) is 133 Å². The van der Waals surface area contributed by atoms with Crippen LogP contribution in [-0.4, -0.2) is 41.2 Å². The van der Waals surface area contributed by atoms with Crippen molar-refractivity contribution in [3.05, 3.63) is 57.7 Å². The van der Waals surface area contributed by atoms with Gasteiger partial charge in [0.05, 0.1) is 18.1 Å². The molecule has 10 nitrogen and oxygen atoms in total. The number of nitrogens with zero attached hydrogens (tertiary/aromatic N) is 6. The third-order valence-electron chi connectivity index (χ3n) is 6.04. The normalized spacial score (nSPS) is 12.1. The van der Waals surface area contributed by atoms with E-state index in [2.05, 4.69) is 25.5 Å². The minimum atomic E-state index is -4.82.